The summed E-state index contributed by atoms with van der Waals surface area (Å²) < 4.78 is 5.04. The lowest BCUT2D eigenvalue weighted by Crippen LogP contribution is -2.48. The zero-order chi connectivity index (χ0) is 18.4. The molecule has 2 aliphatic rings. The van der Waals surface area contributed by atoms with Crippen LogP contribution >= 0.6 is 11.3 Å². The third-order valence-electron chi connectivity index (χ3n) is 4.87. The van der Waals surface area contributed by atoms with Crippen molar-refractivity contribution in [3.05, 3.63) is 15.6 Å². The number of amides is 1. The van der Waals surface area contributed by atoms with E-state index in [9.17, 15) is 4.79 Å². The fourth-order valence-electron chi connectivity index (χ4n) is 3.46. The van der Waals surface area contributed by atoms with Crippen LogP contribution in [0.2, 0.25) is 0 Å². The number of carbonyl (C=O) groups excluding carboxylic acids is 1. The molecule has 1 aliphatic heterocycles. The van der Waals surface area contributed by atoms with Crippen LogP contribution in [0.25, 0.3) is 0 Å². The molecule has 2 heterocycles. The van der Waals surface area contributed by atoms with Crippen LogP contribution in [0.15, 0.2) is 4.99 Å². The van der Waals surface area contributed by atoms with Crippen molar-refractivity contribution in [1.29, 1.82) is 0 Å². The maximum atomic E-state index is 11.7. The highest BCUT2D eigenvalue weighted by atomic mass is 32.1. The Balaban J connectivity index is 1.39. The normalized spacial score (nSPS) is 18.5. The molecule has 0 aromatic carbocycles. The largest absolute Gasteiger partial charge is 0.450 e. The van der Waals surface area contributed by atoms with Crippen molar-refractivity contribution in [2.75, 3.05) is 26.2 Å². The first-order chi connectivity index (χ1) is 12.7. The van der Waals surface area contributed by atoms with Crippen molar-refractivity contribution in [3.63, 3.8) is 0 Å². The summed E-state index contributed by atoms with van der Waals surface area (Å²) in [5.74, 6) is 0.487. The number of aromatic nitrogens is 1. The number of nitrogens with zero attached hydrogens (tertiary/aromatic N) is 3. The second kappa shape index (κ2) is 9.21. The molecule has 7 nitrogen and oxygen atoms in total. The smallest absolute Gasteiger partial charge is 0.409 e. The number of thiazole rings is 1. The number of carbonyl (C=O) groups is 1. The Labute approximate surface area is 159 Å². The number of nitrogens with two attached hydrogens (primary N) is 1. The number of ether oxygens (including phenoxy) is 1. The lowest BCUT2D eigenvalue weighted by molar-refractivity contribution is 0.0963. The molecule has 144 valence electrons. The first-order valence-electron chi connectivity index (χ1n) is 9.61. The van der Waals surface area contributed by atoms with E-state index >= 15 is 0 Å². The predicted octanol–water partition coefficient (Wildman–Crippen LogP) is 2.09. The molecule has 26 heavy (non-hydrogen) atoms. The molecule has 1 fully saturated rings. The fraction of sp³-hybridized carbons (Fsp3) is 0.722. The van der Waals surface area contributed by atoms with Gasteiger partial charge in [0.25, 0.3) is 0 Å². The Bertz CT molecular complexity index is 614. The third kappa shape index (κ3) is 5.09. The Morgan fingerprint density at radius 2 is 2.15 bits per heavy atom. The van der Waals surface area contributed by atoms with Crippen LogP contribution in [0.4, 0.5) is 4.79 Å². The van der Waals surface area contributed by atoms with Crippen LogP contribution in [0.1, 0.15) is 48.2 Å². The molecule has 3 rings (SSSR count). The minimum atomic E-state index is -0.223. The molecule has 1 amide bonds. The summed E-state index contributed by atoms with van der Waals surface area (Å²) in [5.41, 5.74) is 7.33. The average Bonchev–Trinajstić information content (AvgIpc) is 3.05. The minimum absolute atomic E-state index is 0.223. The highest BCUT2D eigenvalue weighted by Gasteiger charge is 2.23. The summed E-state index contributed by atoms with van der Waals surface area (Å²) in [6.07, 6.45) is 7.20. The first kappa shape index (κ1) is 18.9. The second-order valence-electron chi connectivity index (χ2n) is 6.81. The van der Waals surface area contributed by atoms with E-state index in [0.29, 0.717) is 32.2 Å². The quantitative estimate of drug-likeness (QED) is 0.604. The number of guanidine groups is 1. The maximum absolute atomic E-state index is 11.7. The Kier molecular flexibility index (Phi) is 6.71. The number of aryl methyl sites for hydroxylation is 2. The van der Waals surface area contributed by atoms with E-state index in [1.807, 2.05) is 18.3 Å². The van der Waals surface area contributed by atoms with Gasteiger partial charge in [-0.15, -0.1) is 11.3 Å². The molecule has 0 bridgehead atoms. The SMILES string of the molecule is CCOC(=O)N1CCC(NC(N)=NCCc2nc3c(s2)CCCC3)CC1. The van der Waals surface area contributed by atoms with Crippen LogP contribution in [-0.2, 0) is 24.0 Å². The summed E-state index contributed by atoms with van der Waals surface area (Å²) in [4.78, 5) is 24.1. The van der Waals surface area contributed by atoms with Gasteiger partial charge in [-0.2, -0.15) is 0 Å². The highest BCUT2D eigenvalue weighted by Crippen LogP contribution is 2.26. The van der Waals surface area contributed by atoms with Gasteiger partial charge in [0.05, 0.1) is 17.3 Å². The molecular weight excluding hydrogens is 350 g/mol. The first-order valence-corrected chi connectivity index (χ1v) is 10.4. The molecule has 0 unspecified atom stereocenters. The van der Waals surface area contributed by atoms with E-state index in [2.05, 4.69) is 10.3 Å². The number of fused-ring (bicyclic) bond motifs is 1. The minimum Gasteiger partial charge on any atom is -0.450 e. The molecule has 1 aliphatic carbocycles. The van der Waals surface area contributed by atoms with E-state index in [1.54, 1.807) is 4.90 Å². The van der Waals surface area contributed by atoms with Gasteiger partial charge in [-0.1, -0.05) is 0 Å². The number of hydrogen-bond donors (Lipinski definition) is 2. The van der Waals surface area contributed by atoms with Crippen LogP contribution in [-0.4, -0.2) is 54.2 Å². The number of nitrogens with one attached hydrogen (secondary N) is 1. The second-order valence-corrected chi connectivity index (χ2v) is 7.97. The summed E-state index contributed by atoms with van der Waals surface area (Å²) in [5, 5.41) is 4.45. The monoisotopic (exact) mass is 379 g/mol. The lowest BCUT2D eigenvalue weighted by Gasteiger charge is -2.31. The van der Waals surface area contributed by atoms with Crippen molar-refractivity contribution in [2.45, 2.75) is 57.9 Å². The van der Waals surface area contributed by atoms with Crippen molar-refractivity contribution >= 4 is 23.4 Å². The number of aliphatic imine (C=N–C) groups is 1. The van der Waals surface area contributed by atoms with Gasteiger partial charge >= 0.3 is 6.09 Å². The predicted molar refractivity (Wildman–Crippen MR) is 104 cm³/mol. The molecule has 0 saturated carbocycles. The van der Waals surface area contributed by atoms with Gasteiger partial charge in [0.15, 0.2) is 5.96 Å². The van der Waals surface area contributed by atoms with Gasteiger partial charge in [0.2, 0.25) is 0 Å². The number of likely N-dealkylation sites (tertiary alicyclic amines) is 1. The zero-order valence-electron chi connectivity index (χ0n) is 15.5. The van der Waals surface area contributed by atoms with Crippen molar-refractivity contribution < 1.29 is 9.53 Å². The molecule has 0 atom stereocenters. The maximum Gasteiger partial charge on any atom is 0.409 e. The number of piperidine rings is 1. The van der Waals surface area contributed by atoms with Crippen LogP contribution in [0.3, 0.4) is 0 Å². The van der Waals surface area contributed by atoms with Gasteiger partial charge in [-0.25, -0.2) is 9.78 Å². The molecule has 8 heteroatoms. The topological polar surface area (TPSA) is 92.8 Å². The van der Waals surface area contributed by atoms with Crippen LogP contribution < -0.4 is 11.1 Å². The molecule has 1 aromatic heterocycles. The average molecular weight is 380 g/mol. The van der Waals surface area contributed by atoms with Crippen LogP contribution in [0, 0.1) is 0 Å². The van der Waals surface area contributed by atoms with E-state index in [0.717, 1.165) is 25.7 Å². The molecule has 0 spiro atoms. The summed E-state index contributed by atoms with van der Waals surface area (Å²) in [7, 11) is 0. The van der Waals surface area contributed by atoms with Gasteiger partial charge in [-0.05, 0) is 45.4 Å². The molecule has 3 N–H and O–H groups in total. The van der Waals surface area contributed by atoms with Crippen molar-refractivity contribution in [2.24, 2.45) is 10.7 Å². The molecule has 1 saturated heterocycles. The van der Waals surface area contributed by atoms with Gasteiger partial charge < -0.3 is 20.7 Å². The molecular formula is C18H29N5O2S. The molecule has 0 radical (unpaired) electrons. The third-order valence-corrected chi connectivity index (χ3v) is 6.09. The molecule has 1 aromatic rings. The summed E-state index contributed by atoms with van der Waals surface area (Å²) in [6, 6.07) is 0.261. The van der Waals surface area contributed by atoms with Gasteiger partial charge in [0, 0.05) is 37.0 Å². The summed E-state index contributed by atoms with van der Waals surface area (Å²) >= 11 is 1.84. The zero-order valence-corrected chi connectivity index (χ0v) is 16.3. The Hall–Kier alpha value is -1.83. The van der Waals surface area contributed by atoms with E-state index in [1.165, 1.54) is 34.8 Å². The van der Waals surface area contributed by atoms with Crippen LogP contribution in [0.5, 0.6) is 0 Å². The Morgan fingerprint density at radius 3 is 2.88 bits per heavy atom. The van der Waals surface area contributed by atoms with E-state index in [4.69, 9.17) is 15.5 Å². The fourth-order valence-corrected chi connectivity index (χ4v) is 4.61. The van der Waals surface area contributed by atoms with Gasteiger partial charge in [-0.3, -0.25) is 4.99 Å². The van der Waals surface area contributed by atoms with Crippen molar-refractivity contribution in [1.82, 2.24) is 15.2 Å². The Morgan fingerprint density at radius 1 is 1.38 bits per heavy atom. The standard InChI is InChI=1S/C18H29N5O2S/c1-2-25-18(24)23-11-8-13(9-12-23)21-17(19)20-10-7-16-22-14-5-3-4-6-15(14)26-16/h13H,2-12H2,1H3,(H3,19,20,21). The van der Waals surface area contributed by atoms with Crippen molar-refractivity contribution in [3.8, 4) is 0 Å². The number of rotatable bonds is 5. The van der Waals surface area contributed by atoms with E-state index < -0.39 is 0 Å². The summed E-state index contributed by atoms with van der Waals surface area (Å²) in [6.45, 7) is 4.28. The van der Waals surface area contributed by atoms with Gasteiger partial charge in [0.1, 0.15) is 0 Å². The number of hydrogen-bond acceptors (Lipinski definition) is 5. The van der Waals surface area contributed by atoms with E-state index in [-0.39, 0.29) is 12.1 Å². The highest BCUT2D eigenvalue weighted by molar-refractivity contribution is 7.11. The lowest BCUT2D eigenvalue weighted by atomic mass is 10.0.